The predicted octanol–water partition coefficient (Wildman–Crippen LogP) is 1.20. The smallest absolute Gasteiger partial charge is 0.0696 e. The Morgan fingerprint density at radius 2 is 2.36 bits per heavy atom. The Balaban J connectivity index is 2.47. The largest absolute Gasteiger partial charge is 0.392 e. The molecule has 14 heavy (non-hydrogen) atoms. The monoisotopic (exact) mass is 192 g/mol. The van der Waals surface area contributed by atoms with E-state index in [1.54, 1.807) is 6.20 Å². The molecular formula is C11H16N2O. The summed E-state index contributed by atoms with van der Waals surface area (Å²) < 4.78 is 0. The minimum absolute atomic E-state index is 0.0523. The molecule has 1 aromatic heterocycles. The average Bonchev–Trinajstić information content (AvgIpc) is 2.25. The van der Waals surface area contributed by atoms with Gasteiger partial charge in [-0.05, 0) is 37.7 Å². The highest BCUT2D eigenvalue weighted by Gasteiger charge is 1.90. The van der Waals surface area contributed by atoms with Gasteiger partial charge in [-0.3, -0.25) is 4.98 Å². The average molecular weight is 192 g/mol. The lowest BCUT2D eigenvalue weighted by Gasteiger charge is -1.96. The zero-order valence-corrected chi connectivity index (χ0v) is 8.40. The number of rotatable bonds is 5. The summed E-state index contributed by atoms with van der Waals surface area (Å²) in [7, 11) is 1.93. The van der Waals surface area contributed by atoms with Crippen LogP contribution in [0.1, 0.15) is 17.7 Å². The summed E-state index contributed by atoms with van der Waals surface area (Å²) in [5.74, 6) is 0. The zero-order valence-electron chi connectivity index (χ0n) is 8.40. The van der Waals surface area contributed by atoms with Crippen molar-refractivity contribution in [1.29, 1.82) is 0 Å². The van der Waals surface area contributed by atoms with Gasteiger partial charge < -0.3 is 10.4 Å². The predicted molar refractivity (Wildman–Crippen MR) is 57.7 cm³/mol. The third-order valence-electron chi connectivity index (χ3n) is 1.88. The van der Waals surface area contributed by atoms with E-state index in [0.717, 1.165) is 24.2 Å². The van der Waals surface area contributed by atoms with Crippen LogP contribution in [0, 0.1) is 0 Å². The van der Waals surface area contributed by atoms with E-state index < -0.39 is 0 Å². The Morgan fingerprint density at radius 3 is 2.93 bits per heavy atom. The van der Waals surface area contributed by atoms with Crippen molar-refractivity contribution < 1.29 is 5.11 Å². The first-order chi connectivity index (χ1) is 6.86. The molecule has 2 N–H and O–H groups in total. The molecule has 1 aromatic rings. The van der Waals surface area contributed by atoms with Crippen molar-refractivity contribution in [2.75, 3.05) is 13.6 Å². The first kappa shape index (κ1) is 10.9. The number of aromatic nitrogens is 1. The molecule has 0 saturated heterocycles. The highest BCUT2D eigenvalue weighted by molar-refractivity contribution is 5.44. The van der Waals surface area contributed by atoms with E-state index in [-0.39, 0.29) is 6.61 Å². The second kappa shape index (κ2) is 6.29. The number of aliphatic hydroxyl groups excluding tert-OH is 1. The first-order valence-electron chi connectivity index (χ1n) is 4.73. The lowest BCUT2D eigenvalue weighted by molar-refractivity contribution is 0.281. The molecule has 0 fully saturated rings. The van der Waals surface area contributed by atoms with Gasteiger partial charge in [-0.2, -0.15) is 0 Å². The molecule has 0 bridgehead atoms. The van der Waals surface area contributed by atoms with E-state index >= 15 is 0 Å². The molecule has 1 heterocycles. The molecule has 3 heteroatoms. The fraction of sp³-hybridized carbons (Fsp3) is 0.364. The summed E-state index contributed by atoms with van der Waals surface area (Å²) in [4.78, 5) is 4.18. The molecule has 0 saturated carbocycles. The van der Waals surface area contributed by atoms with Crippen LogP contribution >= 0.6 is 0 Å². The van der Waals surface area contributed by atoms with Crippen LogP contribution in [0.15, 0.2) is 24.4 Å². The minimum Gasteiger partial charge on any atom is -0.392 e. The number of hydrogen-bond donors (Lipinski definition) is 2. The van der Waals surface area contributed by atoms with Crippen LogP contribution < -0.4 is 5.32 Å². The molecule has 0 radical (unpaired) electrons. The Labute approximate surface area is 84.5 Å². The fourth-order valence-electron chi connectivity index (χ4n) is 1.06. The van der Waals surface area contributed by atoms with Crippen LogP contribution in [-0.2, 0) is 6.61 Å². The molecule has 1 rings (SSSR count). The quantitative estimate of drug-likeness (QED) is 0.689. The summed E-state index contributed by atoms with van der Waals surface area (Å²) in [5, 5.41) is 11.9. The standard InChI is InChI=1S/C11H16N2O/c1-12-7-3-2-4-11-6-5-10(9-14)8-13-11/h2,4-6,8,12,14H,3,7,9H2,1H3. The second-order valence-electron chi connectivity index (χ2n) is 3.04. The molecule has 3 nitrogen and oxygen atoms in total. The summed E-state index contributed by atoms with van der Waals surface area (Å²) >= 11 is 0. The van der Waals surface area contributed by atoms with Gasteiger partial charge in [0, 0.05) is 6.20 Å². The fourth-order valence-corrected chi connectivity index (χ4v) is 1.06. The van der Waals surface area contributed by atoms with Crippen LogP contribution in [-0.4, -0.2) is 23.7 Å². The van der Waals surface area contributed by atoms with Crippen molar-refractivity contribution in [3.8, 4) is 0 Å². The Morgan fingerprint density at radius 1 is 1.50 bits per heavy atom. The number of nitrogens with zero attached hydrogens (tertiary/aromatic N) is 1. The van der Waals surface area contributed by atoms with Crippen molar-refractivity contribution in [3.05, 3.63) is 35.7 Å². The van der Waals surface area contributed by atoms with Gasteiger partial charge in [0.1, 0.15) is 0 Å². The molecule has 0 amide bonds. The SMILES string of the molecule is CNCCC=Cc1ccc(CO)cn1. The van der Waals surface area contributed by atoms with Gasteiger partial charge in [-0.25, -0.2) is 0 Å². The number of pyridine rings is 1. The van der Waals surface area contributed by atoms with Crippen LogP contribution in [0.2, 0.25) is 0 Å². The van der Waals surface area contributed by atoms with E-state index in [1.807, 2.05) is 25.3 Å². The van der Waals surface area contributed by atoms with Crippen LogP contribution in [0.4, 0.5) is 0 Å². The van der Waals surface area contributed by atoms with Crippen LogP contribution in [0.25, 0.3) is 6.08 Å². The van der Waals surface area contributed by atoms with E-state index in [0.29, 0.717) is 0 Å². The maximum Gasteiger partial charge on any atom is 0.0696 e. The molecule has 0 unspecified atom stereocenters. The maximum atomic E-state index is 8.81. The van der Waals surface area contributed by atoms with Gasteiger partial charge in [0.05, 0.1) is 12.3 Å². The highest BCUT2D eigenvalue weighted by Crippen LogP contribution is 2.02. The van der Waals surface area contributed by atoms with Gasteiger partial charge in [-0.1, -0.05) is 12.1 Å². The molecule has 0 atom stereocenters. The van der Waals surface area contributed by atoms with E-state index in [1.165, 1.54) is 0 Å². The third-order valence-corrected chi connectivity index (χ3v) is 1.88. The van der Waals surface area contributed by atoms with E-state index in [2.05, 4.69) is 16.4 Å². The number of hydrogen-bond acceptors (Lipinski definition) is 3. The van der Waals surface area contributed by atoms with Gasteiger partial charge in [0.25, 0.3) is 0 Å². The van der Waals surface area contributed by atoms with Gasteiger partial charge in [0.15, 0.2) is 0 Å². The van der Waals surface area contributed by atoms with Crippen LogP contribution in [0.5, 0.6) is 0 Å². The van der Waals surface area contributed by atoms with E-state index in [9.17, 15) is 0 Å². The highest BCUT2D eigenvalue weighted by atomic mass is 16.3. The molecule has 0 aliphatic carbocycles. The van der Waals surface area contributed by atoms with Gasteiger partial charge in [-0.15, -0.1) is 0 Å². The topological polar surface area (TPSA) is 45.1 Å². The first-order valence-corrected chi connectivity index (χ1v) is 4.73. The zero-order chi connectivity index (χ0) is 10.2. The molecule has 0 aromatic carbocycles. The van der Waals surface area contributed by atoms with Crippen LogP contribution in [0.3, 0.4) is 0 Å². The minimum atomic E-state index is 0.0523. The summed E-state index contributed by atoms with van der Waals surface area (Å²) in [5.41, 5.74) is 1.77. The van der Waals surface area contributed by atoms with E-state index in [4.69, 9.17) is 5.11 Å². The van der Waals surface area contributed by atoms with Crippen molar-refractivity contribution in [1.82, 2.24) is 10.3 Å². The van der Waals surface area contributed by atoms with Gasteiger partial charge in [0.2, 0.25) is 0 Å². The third kappa shape index (κ3) is 3.68. The number of aliphatic hydroxyl groups is 1. The Bertz CT molecular complexity index is 280. The normalized spacial score (nSPS) is 11.0. The lowest BCUT2D eigenvalue weighted by Crippen LogP contribution is -2.05. The molecule has 0 aliphatic heterocycles. The second-order valence-corrected chi connectivity index (χ2v) is 3.04. The van der Waals surface area contributed by atoms with Crippen molar-refractivity contribution in [3.63, 3.8) is 0 Å². The molecule has 76 valence electrons. The Hall–Kier alpha value is -1.19. The lowest BCUT2D eigenvalue weighted by atomic mass is 10.2. The van der Waals surface area contributed by atoms with Gasteiger partial charge >= 0.3 is 0 Å². The summed E-state index contributed by atoms with van der Waals surface area (Å²) in [6.07, 6.45) is 6.76. The molecule has 0 spiro atoms. The summed E-state index contributed by atoms with van der Waals surface area (Å²) in [6, 6.07) is 3.78. The summed E-state index contributed by atoms with van der Waals surface area (Å²) in [6.45, 7) is 1.03. The molecule has 0 aliphatic rings. The Kier molecular flexibility index (Phi) is 4.89. The maximum absolute atomic E-state index is 8.81. The van der Waals surface area contributed by atoms with Crippen molar-refractivity contribution in [2.45, 2.75) is 13.0 Å². The molecular weight excluding hydrogens is 176 g/mol. The van der Waals surface area contributed by atoms with Crippen molar-refractivity contribution >= 4 is 6.08 Å². The van der Waals surface area contributed by atoms with Crippen molar-refractivity contribution in [2.24, 2.45) is 0 Å². The number of nitrogens with one attached hydrogen (secondary N) is 1.